The number of carbonyl (C=O) groups is 2. The molecule has 6 heteroatoms. The second kappa shape index (κ2) is 9.83. The van der Waals surface area contributed by atoms with Crippen LogP contribution in [0, 0.1) is 11.8 Å². The van der Waals surface area contributed by atoms with Gasteiger partial charge in [-0.25, -0.2) is 0 Å². The highest BCUT2D eigenvalue weighted by Crippen LogP contribution is 2.30. The molecule has 1 unspecified atom stereocenters. The summed E-state index contributed by atoms with van der Waals surface area (Å²) >= 11 is 0. The molecule has 1 heterocycles. The van der Waals surface area contributed by atoms with Crippen molar-refractivity contribution in [1.29, 1.82) is 0 Å². The molecule has 0 aliphatic heterocycles. The van der Waals surface area contributed by atoms with Gasteiger partial charge in [-0.3, -0.25) is 9.59 Å². The van der Waals surface area contributed by atoms with Gasteiger partial charge >= 0.3 is 0 Å². The van der Waals surface area contributed by atoms with Gasteiger partial charge in [0.15, 0.2) is 6.04 Å². The predicted octanol–water partition coefficient (Wildman–Crippen LogP) is 4.19. The second-order valence-electron chi connectivity index (χ2n) is 8.98. The summed E-state index contributed by atoms with van der Waals surface area (Å²) < 4.78 is 7.22. The van der Waals surface area contributed by atoms with Gasteiger partial charge in [0.2, 0.25) is 5.91 Å². The van der Waals surface area contributed by atoms with Crippen LogP contribution in [-0.4, -0.2) is 33.9 Å². The Morgan fingerprint density at radius 1 is 1.12 bits per heavy atom. The molecule has 2 amide bonds. The summed E-state index contributed by atoms with van der Waals surface area (Å²) in [6, 6.07) is 16.5. The van der Waals surface area contributed by atoms with Crippen molar-refractivity contribution in [3.63, 3.8) is 0 Å². The van der Waals surface area contributed by atoms with E-state index in [-0.39, 0.29) is 12.5 Å². The van der Waals surface area contributed by atoms with Crippen molar-refractivity contribution < 1.29 is 14.3 Å². The second-order valence-corrected chi connectivity index (χ2v) is 8.98. The smallest absolute Gasteiger partial charge is 0.299 e. The minimum atomic E-state index is -0.864. The number of aromatic nitrogens is 1. The lowest BCUT2D eigenvalue weighted by Gasteiger charge is -2.32. The van der Waals surface area contributed by atoms with Crippen molar-refractivity contribution in [3.8, 4) is 17.6 Å². The molecular formula is C27H31N3O3. The van der Waals surface area contributed by atoms with Crippen LogP contribution in [0.15, 0.2) is 54.6 Å². The van der Waals surface area contributed by atoms with E-state index in [1.165, 1.54) is 4.90 Å². The average molecular weight is 446 g/mol. The minimum Gasteiger partial charge on any atom is -0.497 e. The summed E-state index contributed by atoms with van der Waals surface area (Å²) in [6.07, 6.45) is 0. The lowest BCUT2D eigenvalue weighted by Crippen LogP contribution is -2.49. The van der Waals surface area contributed by atoms with Crippen molar-refractivity contribution in [2.24, 2.45) is 7.05 Å². The average Bonchev–Trinajstić information content (AvgIpc) is 3.09. The lowest BCUT2D eigenvalue weighted by atomic mass is 10.0. The van der Waals surface area contributed by atoms with Crippen molar-refractivity contribution in [2.45, 2.75) is 45.8 Å². The fourth-order valence-electron chi connectivity index (χ4n) is 3.83. The van der Waals surface area contributed by atoms with Crippen LogP contribution in [0.25, 0.3) is 10.9 Å². The van der Waals surface area contributed by atoms with E-state index < -0.39 is 17.5 Å². The first-order valence-electron chi connectivity index (χ1n) is 10.9. The molecule has 3 aromatic rings. The molecule has 0 fully saturated rings. The third-order valence-electron chi connectivity index (χ3n) is 5.33. The number of hydrogen-bond acceptors (Lipinski definition) is 3. The maximum Gasteiger partial charge on any atom is 0.299 e. The van der Waals surface area contributed by atoms with Gasteiger partial charge in [-0.1, -0.05) is 36.3 Å². The number of hydrogen-bond donors (Lipinski definition) is 1. The third kappa shape index (κ3) is 5.56. The number of methoxy groups -OCH3 is 1. The molecule has 3 rings (SSSR count). The molecule has 33 heavy (non-hydrogen) atoms. The van der Waals surface area contributed by atoms with Crippen LogP contribution in [0.3, 0.4) is 0 Å². The number of nitrogens with zero attached hydrogens (tertiary/aromatic N) is 2. The van der Waals surface area contributed by atoms with E-state index in [4.69, 9.17) is 4.74 Å². The zero-order valence-electron chi connectivity index (χ0n) is 20.1. The Balaban J connectivity index is 2.14. The molecule has 0 radical (unpaired) electrons. The number of ether oxygens (including phenoxy) is 1. The van der Waals surface area contributed by atoms with E-state index in [1.807, 2.05) is 87.0 Å². The molecule has 1 atom stereocenters. The van der Waals surface area contributed by atoms with Crippen molar-refractivity contribution in [3.05, 3.63) is 65.9 Å². The summed E-state index contributed by atoms with van der Waals surface area (Å²) in [4.78, 5) is 28.4. The largest absolute Gasteiger partial charge is 0.497 e. The van der Waals surface area contributed by atoms with E-state index in [9.17, 15) is 9.59 Å². The molecule has 0 spiro atoms. The molecule has 1 aromatic heterocycles. The summed E-state index contributed by atoms with van der Waals surface area (Å²) in [5.74, 6) is 5.38. The van der Waals surface area contributed by atoms with Crippen LogP contribution in [0.4, 0.5) is 0 Å². The van der Waals surface area contributed by atoms with Crippen molar-refractivity contribution >= 4 is 22.7 Å². The van der Waals surface area contributed by atoms with Crippen LogP contribution >= 0.6 is 0 Å². The number of aryl methyl sites for hydroxylation is 1. The Morgan fingerprint density at radius 3 is 2.36 bits per heavy atom. The van der Waals surface area contributed by atoms with Crippen molar-refractivity contribution in [1.82, 2.24) is 14.8 Å². The standard InChI is InChI=1S/C27H31N3O3/c1-7-10-24(31)30(18-19-13-15-21(33-6)16-14-19)25(26(32)28-27(2,3)4)23-17-20-11-8-9-12-22(20)29(23)5/h8-9,11-17,25H,18H2,1-6H3,(H,28,32). The number of para-hydroxylation sites is 1. The molecule has 0 saturated carbocycles. The molecule has 0 saturated heterocycles. The maximum atomic E-state index is 13.6. The van der Waals surface area contributed by atoms with Gasteiger partial charge in [0, 0.05) is 24.6 Å². The van der Waals surface area contributed by atoms with Crippen LogP contribution in [0.5, 0.6) is 5.75 Å². The normalized spacial score (nSPS) is 11.9. The van der Waals surface area contributed by atoms with Gasteiger partial charge in [0.05, 0.1) is 12.8 Å². The molecule has 0 aliphatic carbocycles. The van der Waals surface area contributed by atoms with Gasteiger partial charge in [-0.15, -0.1) is 0 Å². The summed E-state index contributed by atoms with van der Waals surface area (Å²) in [5.41, 5.74) is 2.11. The maximum absolute atomic E-state index is 13.6. The topological polar surface area (TPSA) is 63.6 Å². The molecule has 172 valence electrons. The van der Waals surface area contributed by atoms with E-state index in [0.717, 1.165) is 27.9 Å². The fourth-order valence-corrected chi connectivity index (χ4v) is 3.83. The molecule has 0 aliphatic rings. The summed E-state index contributed by atoms with van der Waals surface area (Å²) in [5, 5.41) is 4.06. The highest BCUT2D eigenvalue weighted by Gasteiger charge is 2.35. The molecule has 2 aromatic carbocycles. The van der Waals surface area contributed by atoms with E-state index >= 15 is 0 Å². The Labute approximate surface area is 195 Å². The predicted molar refractivity (Wildman–Crippen MR) is 131 cm³/mol. The highest BCUT2D eigenvalue weighted by atomic mass is 16.5. The fraction of sp³-hybridized carbons (Fsp3) is 0.333. The number of benzene rings is 2. The monoisotopic (exact) mass is 445 g/mol. The number of fused-ring (bicyclic) bond motifs is 1. The van der Waals surface area contributed by atoms with Gasteiger partial charge in [-0.05, 0) is 68.8 Å². The Hall–Kier alpha value is -3.72. The highest BCUT2D eigenvalue weighted by molar-refractivity contribution is 5.98. The number of nitrogens with one attached hydrogen (secondary N) is 1. The van der Waals surface area contributed by atoms with E-state index in [2.05, 4.69) is 17.2 Å². The number of carbonyl (C=O) groups excluding carboxylic acids is 2. The summed E-state index contributed by atoms with van der Waals surface area (Å²) in [6.45, 7) is 7.60. The first-order chi connectivity index (χ1) is 15.6. The molecule has 6 nitrogen and oxygen atoms in total. The van der Waals surface area contributed by atoms with Gasteiger partial charge in [-0.2, -0.15) is 0 Å². The van der Waals surface area contributed by atoms with E-state index in [0.29, 0.717) is 0 Å². The van der Waals surface area contributed by atoms with Crippen molar-refractivity contribution in [2.75, 3.05) is 7.11 Å². The van der Waals surface area contributed by atoms with Crippen LogP contribution in [0.2, 0.25) is 0 Å². The molecule has 0 bridgehead atoms. The van der Waals surface area contributed by atoms with Gasteiger partial charge in [0.1, 0.15) is 5.75 Å². The lowest BCUT2D eigenvalue weighted by molar-refractivity contribution is -0.138. The molecule has 1 N–H and O–H groups in total. The Kier molecular flexibility index (Phi) is 7.13. The van der Waals surface area contributed by atoms with Crippen LogP contribution in [0.1, 0.15) is 45.0 Å². The van der Waals surface area contributed by atoms with E-state index in [1.54, 1.807) is 14.0 Å². The van der Waals surface area contributed by atoms with Gasteiger partial charge in [0.25, 0.3) is 5.91 Å². The zero-order chi connectivity index (χ0) is 24.2. The first-order valence-corrected chi connectivity index (χ1v) is 10.9. The summed E-state index contributed by atoms with van der Waals surface area (Å²) in [7, 11) is 3.52. The van der Waals surface area contributed by atoms with Crippen LogP contribution in [-0.2, 0) is 23.2 Å². The third-order valence-corrected chi connectivity index (χ3v) is 5.33. The molecular weight excluding hydrogens is 414 g/mol. The SMILES string of the molecule is CC#CC(=O)N(Cc1ccc(OC)cc1)C(C(=O)NC(C)(C)C)c1cc2ccccc2n1C. The Bertz CT molecular complexity index is 1210. The first kappa shape index (κ1) is 23.9. The van der Waals surface area contributed by atoms with Gasteiger partial charge < -0.3 is 19.5 Å². The number of amides is 2. The number of rotatable bonds is 6. The minimum absolute atomic E-state index is 0.223. The Morgan fingerprint density at radius 2 is 1.79 bits per heavy atom. The van der Waals surface area contributed by atoms with Crippen LogP contribution < -0.4 is 10.1 Å². The quantitative estimate of drug-likeness (QED) is 0.579. The zero-order valence-corrected chi connectivity index (χ0v) is 20.1.